The molecule has 0 radical (unpaired) electrons. The molecule has 6 heteroatoms. The SMILES string of the molecule is COC(=O)c1ncc(C)cc1OC(=O)O. The van der Waals surface area contributed by atoms with Crippen molar-refractivity contribution in [3.8, 4) is 5.75 Å². The molecule has 1 aromatic heterocycles. The van der Waals surface area contributed by atoms with Crippen molar-refractivity contribution in [1.29, 1.82) is 0 Å². The van der Waals surface area contributed by atoms with Gasteiger partial charge in [-0.1, -0.05) is 0 Å². The number of esters is 1. The lowest BCUT2D eigenvalue weighted by Gasteiger charge is -2.05. The van der Waals surface area contributed by atoms with Crippen LogP contribution in [0.2, 0.25) is 0 Å². The smallest absolute Gasteiger partial charge is 0.464 e. The molecule has 0 spiro atoms. The molecule has 0 aliphatic rings. The number of aryl methyl sites for hydroxylation is 1. The number of carbonyl (C=O) groups is 2. The summed E-state index contributed by atoms with van der Waals surface area (Å²) in [5, 5.41) is 8.43. The van der Waals surface area contributed by atoms with Crippen LogP contribution in [0.3, 0.4) is 0 Å². The summed E-state index contributed by atoms with van der Waals surface area (Å²) in [6.07, 6.45) is -0.0893. The van der Waals surface area contributed by atoms with Gasteiger partial charge in [0.15, 0.2) is 11.4 Å². The number of nitrogens with zero attached hydrogens (tertiary/aromatic N) is 1. The van der Waals surface area contributed by atoms with Crippen LogP contribution in [0.25, 0.3) is 0 Å². The normalized spacial score (nSPS) is 9.47. The highest BCUT2D eigenvalue weighted by Gasteiger charge is 2.17. The first-order valence-electron chi connectivity index (χ1n) is 4.00. The minimum Gasteiger partial charge on any atom is -0.464 e. The summed E-state index contributed by atoms with van der Waals surface area (Å²) in [6.45, 7) is 1.70. The average Bonchev–Trinajstić information content (AvgIpc) is 2.16. The topological polar surface area (TPSA) is 85.7 Å². The van der Waals surface area contributed by atoms with Crippen molar-refractivity contribution in [2.75, 3.05) is 7.11 Å². The van der Waals surface area contributed by atoms with Crippen molar-refractivity contribution in [2.45, 2.75) is 6.92 Å². The molecular weight excluding hydrogens is 202 g/mol. The van der Waals surface area contributed by atoms with Crippen LogP contribution in [-0.2, 0) is 4.74 Å². The molecule has 0 saturated carbocycles. The van der Waals surface area contributed by atoms with Crippen molar-refractivity contribution in [1.82, 2.24) is 4.98 Å². The van der Waals surface area contributed by atoms with Crippen LogP contribution in [0.4, 0.5) is 4.79 Å². The number of ether oxygens (including phenoxy) is 2. The van der Waals surface area contributed by atoms with Crippen molar-refractivity contribution < 1.29 is 24.2 Å². The zero-order valence-electron chi connectivity index (χ0n) is 8.18. The van der Waals surface area contributed by atoms with Gasteiger partial charge in [0.25, 0.3) is 0 Å². The van der Waals surface area contributed by atoms with E-state index in [2.05, 4.69) is 14.5 Å². The van der Waals surface area contributed by atoms with E-state index in [1.165, 1.54) is 19.4 Å². The molecule has 80 valence electrons. The van der Waals surface area contributed by atoms with Crippen LogP contribution in [0.15, 0.2) is 12.3 Å². The van der Waals surface area contributed by atoms with E-state index in [0.29, 0.717) is 5.56 Å². The first-order valence-corrected chi connectivity index (χ1v) is 4.00. The van der Waals surface area contributed by atoms with Crippen LogP contribution in [-0.4, -0.2) is 29.3 Å². The van der Waals surface area contributed by atoms with Gasteiger partial charge in [0.2, 0.25) is 0 Å². The fourth-order valence-corrected chi connectivity index (χ4v) is 0.964. The summed E-state index contributed by atoms with van der Waals surface area (Å²) < 4.78 is 8.83. The second kappa shape index (κ2) is 4.41. The van der Waals surface area contributed by atoms with E-state index >= 15 is 0 Å². The number of hydrogen-bond donors (Lipinski definition) is 1. The number of methoxy groups -OCH3 is 1. The maximum Gasteiger partial charge on any atom is 0.511 e. The Balaban J connectivity index is 3.13. The van der Waals surface area contributed by atoms with E-state index < -0.39 is 12.1 Å². The highest BCUT2D eigenvalue weighted by Crippen LogP contribution is 2.18. The van der Waals surface area contributed by atoms with Gasteiger partial charge in [0.1, 0.15) is 0 Å². The molecule has 1 rings (SSSR count). The number of rotatable bonds is 2. The molecule has 0 fully saturated rings. The van der Waals surface area contributed by atoms with Crippen molar-refractivity contribution >= 4 is 12.1 Å². The molecule has 1 N–H and O–H groups in total. The highest BCUT2D eigenvalue weighted by atomic mass is 16.7. The third-order valence-corrected chi connectivity index (χ3v) is 1.57. The Morgan fingerprint density at radius 1 is 1.47 bits per heavy atom. The predicted octanol–water partition coefficient (Wildman–Crippen LogP) is 1.23. The van der Waals surface area contributed by atoms with Crippen LogP contribution in [0.1, 0.15) is 16.1 Å². The molecule has 1 heterocycles. The van der Waals surface area contributed by atoms with Crippen LogP contribution >= 0.6 is 0 Å². The monoisotopic (exact) mass is 211 g/mol. The Kier molecular flexibility index (Phi) is 3.22. The van der Waals surface area contributed by atoms with Gasteiger partial charge in [-0.25, -0.2) is 14.6 Å². The third-order valence-electron chi connectivity index (χ3n) is 1.57. The quantitative estimate of drug-likeness (QED) is 0.740. The lowest BCUT2D eigenvalue weighted by atomic mass is 10.2. The van der Waals surface area contributed by atoms with Crippen LogP contribution in [0.5, 0.6) is 5.75 Å². The van der Waals surface area contributed by atoms with Crippen LogP contribution < -0.4 is 4.74 Å². The van der Waals surface area contributed by atoms with E-state index in [4.69, 9.17) is 5.11 Å². The Labute approximate surface area is 85.5 Å². The summed E-state index contributed by atoms with van der Waals surface area (Å²) in [4.78, 5) is 25.2. The molecular formula is C9H9NO5. The van der Waals surface area contributed by atoms with Crippen LogP contribution in [0, 0.1) is 6.92 Å². The number of carboxylic acid groups (broad SMARTS) is 1. The lowest BCUT2D eigenvalue weighted by molar-refractivity contribution is 0.0589. The zero-order valence-corrected chi connectivity index (χ0v) is 8.18. The Morgan fingerprint density at radius 3 is 2.67 bits per heavy atom. The summed E-state index contributed by atoms with van der Waals surface area (Å²) in [7, 11) is 1.18. The first kappa shape index (κ1) is 11.0. The molecule has 0 aliphatic carbocycles. The summed E-state index contributed by atoms with van der Waals surface area (Å²) in [5.74, 6) is -0.874. The number of pyridine rings is 1. The van der Waals surface area contributed by atoms with Crippen molar-refractivity contribution in [3.63, 3.8) is 0 Å². The second-order valence-electron chi connectivity index (χ2n) is 2.72. The van der Waals surface area contributed by atoms with Gasteiger partial charge in [-0.05, 0) is 18.6 Å². The maximum absolute atomic E-state index is 11.2. The maximum atomic E-state index is 11.2. The fourth-order valence-electron chi connectivity index (χ4n) is 0.964. The van der Waals surface area contributed by atoms with Gasteiger partial charge in [-0.2, -0.15) is 0 Å². The minimum atomic E-state index is -1.51. The molecule has 0 aromatic carbocycles. The zero-order chi connectivity index (χ0) is 11.4. The lowest BCUT2D eigenvalue weighted by Crippen LogP contribution is -2.11. The van der Waals surface area contributed by atoms with Crippen molar-refractivity contribution in [2.24, 2.45) is 0 Å². The number of aromatic nitrogens is 1. The summed E-state index contributed by atoms with van der Waals surface area (Å²) >= 11 is 0. The molecule has 0 unspecified atom stereocenters. The van der Waals surface area contributed by atoms with E-state index in [0.717, 1.165) is 0 Å². The van der Waals surface area contributed by atoms with E-state index in [1.54, 1.807) is 6.92 Å². The predicted molar refractivity (Wildman–Crippen MR) is 49.0 cm³/mol. The Hall–Kier alpha value is -2.11. The summed E-state index contributed by atoms with van der Waals surface area (Å²) in [6, 6.07) is 1.40. The molecule has 0 bridgehead atoms. The van der Waals surface area contributed by atoms with Gasteiger partial charge in [-0.3, -0.25) is 0 Å². The molecule has 0 saturated heterocycles. The first-order chi connectivity index (χ1) is 7.04. The van der Waals surface area contributed by atoms with E-state index in [9.17, 15) is 9.59 Å². The highest BCUT2D eigenvalue weighted by molar-refractivity contribution is 5.90. The third kappa shape index (κ3) is 2.67. The molecule has 6 nitrogen and oxygen atoms in total. The average molecular weight is 211 g/mol. The number of carbonyl (C=O) groups excluding carboxylic acids is 1. The number of hydrogen-bond acceptors (Lipinski definition) is 5. The van der Waals surface area contributed by atoms with Gasteiger partial charge < -0.3 is 14.6 Å². The van der Waals surface area contributed by atoms with Crippen molar-refractivity contribution in [3.05, 3.63) is 23.5 Å². The molecule has 1 aromatic rings. The standard InChI is InChI=1S/C9H9NO5/c1-5-3-6(15-9(12)13)7(10-4-5)8(11)14-2/h3-4H,1-2H3,(H,12,13). The minimum absolute atomic E-state index is 0.130. The largest absolute Gasteiger partial charge is 0.511 e. The second-order valence-corrected chi connectivity index (χ2v) is 2.72. The summed E-state index contributed by atoms with van der Waals surface area (Å²) in [5.41, 5.74) is 0.518. The van der Waals surface area contributed by atoms with Gasteiger partial charge in [-0.15, -0.1) is 0 Å². The molecule has 0 atom stereocenters. The van der Waals surface area contributed by atoms with Gasteiger partial charge in [0, 0.05) is 6.20 Å². The Bertz CT molecular complexity index is 401. The molecule has 15 heavy (non-hydrogen) atoms. The van der Waals surface area contributed by atoms with Gasteiger partial charge >= 0.3 is 12.1 Å². The van der Waals surface area contributed by atoms with Gasteiger partial charge in [0.05, 0.1) is 7.11 Å². The van der Waals surface area contributed by atoms with E-state index in [-0.39, 0.29) is 11.4 Å². The molecule has 0 amide bonds. The Morgan fingerprint density at radius 2 is 2.13 bits per heavy atom. The van der Waals surface area contributed by atoms with E-state index in [1.807, 2.05) is 0 Å². The fraction of sp³-hybridized carbons (Fsp3) is 0.222. The molecule has 0 aliphatic heterocycles.